The number of nitrogens with one attached hydrogen (secondary N) is 2. The minimum atomic E-state index is -0.171. The number of rotatable bonds is 4. The predicted octanol–water partition coefficient (Wildman–Crippen LogP) is 3.00. The molecule has 1 aliphatic heterocycles. The summed E-state index contributed by atoms with van der Waals surface area (Å²) in [6.07, 6.45) is 3.26. The van der Waals surface area contributed by atoms with Gasteiger partial charge in [-0.25, -0.2) is 4.79 Å². The number of furan rings is 1. The summed E-state index contributed by atoms with van der Waals surface area (Å²) in [7, 11) is 0. The lowest BCUT2D eigenvalue weighted by Crippen LogP contribution is -2.44. The molecule has 0 radical (unpaired) electrons. The van der Waals surface area contributed by atoms with Crippen LogP contribution in [0.3, 0.4) is 0 Å². The molecule has 1 fully saturated rings. The highest BCUT2D eigenvalue weighted by Gasteiger charge is 2.24. The van der Waals surface area contributed by atoms with Gasteiger partial charge in [0.25, 0.3) is 0 Å². The summed E-state index contributed by atoms with van der Waals surface area (Å²) in [5.74, 6) is 0.740. The van der Waals surface area contributed by atoms with Gasteiger partial charge in [-0.2, -0.15) is 0 Å². The molecule has 0 bridgehead atoms. The molecule has 116 valence electrons. The van der Waals surface area contributed by atoms with Gasteiger partial charge in [-0.05, 0) is 30.5 Å². The Morgan fingerprint density at radius 1 is 1.18 bits per heavy atom. The average molecular weight is 300 g/mol. The maximum absolute atomic E-state index is 11.9. The third-order valence-electron chi connectivity index (χ3n) is 3.79. The maximum atomic E-state index is 11.9. The lowest BCUT2D eigenvalue weighted by molar-refractivity contribution is 0.00225. The number of carbonyl (C=O) groups excluding carboxylic acids is 1. The van der Waals surface area contributed by atoms with Gasteiger partial charge in [0.1, 0.15) is 5.76 Å². The molecule has 1 aromatic carbocycles. The van der Waals surface area contributed by atoms with Crippen molar-refractivity contribution in [2.75, 3.05) is 6.61 Å². The molecule has 3 rings (SSSR count). The highest BCUT2D eigenvalue weighted by atomic mass is 16.5. The minimum absolute atomic E-state index is 0.0466. The molecule has 1 aliphatic rings. The lowest BCUT2D eigenvalue weighted by atomic mass is 9.97. The average Bonchev–Trinajstić information content (AvgIpc) is 3.08. The first-order valence-corrected chi connectivity index (χ1v) is 7.54. The van der Waals surface area contributed by atoms with Crippen LogP contribution in [0.25, 0.3) is 0 Å². The quantitative estimate of drug-likeness (QED) is 0.912. The molecule has 1 aromatic heterocycles. The predicted molar refractivity (Wildman–Crippen MR) is 82.2 cm³/mol. The van der Waals surface area contributed by atoms with Crippen molar-refractivity contribution < 1.29 is 13.9 Å². The zero-order valence-corrected chi connectivity index (χ0v) is 12.3. The molecule has 2 aromatic rings. The zero-order chi connectivity index (χ0) is 15.2. The van der Waals surface area contributed by atoms with E-state index in [1.807, 2.05) is 24.3 Å². The van der Waals surface area contributed by atoms with E-state index in [1.165, 1.54) is 0 Å². The Kier molecular flexibility index (Phi) is 4.75. The van der Waals surface area contributed by atoms with Crippen molar-refractivity contribution in [3.8, 4) is 0 Å². The number of hydrogen-bond acceptors (Lipinski definition) is 3. The molecule has 2 atom stereocenters. The zero-order valence-electron chi connectivity index (χ0n) is 12.3. The Balaban J connectivity index is 1.48. The first kappa shape index (κ1) is 14.7. The third kappa shape index (κ3) is 3.89. The van der Waals surface area contributed by atoms with E-state index in [0.29, 0.717) is 13.2 Å². The van der Waals surface area contributed by atoms with Gasteiger partial charge in [0.15, 0.2) is 0 Å². The van der Waals surface area contributed by atoms with Crippen molar-refractivity contribution in [3.63, 3.8) is 0 Å². The maximum Gasteiger partial charge on any atom is 0.315 e. The second kappa shape index (κ2) is 7.13. The molecule has 2 heterocycles. The van der Waals surface area contributed by atoms with E-state index >= 15 is 0 Å². The van der Waals surface area contributed by atoms with Gasteiger partial charge in [0.05, 0.1) is 18.9 Å². The van der Waals surface area contributed by atoms with Crippen LogP contribution in [0.5, 0.6) is 0 Å². The van der Waals surface area contributed by atoms with E-state index in [0.717, 1.165) is 24.2 Å². The monoisotopic (exact) mass is 300 g/mol. The van der Waals surface area contributed by atoms with Gasteiger partial charge in [0, 0.05) is 12.6 Å². The van der Waals surface area contributed by atoms with Crippen molar-refractivity contribution >= 4 is 6.03 Å². The highest BCUT2D eigenvalue weighted by molar-refractivity contribution is 5.74. The summed E-state index contributed by atoms with van der Waals surface area (Å²) in [6.45, 7) is 1.05. The lowest BCUT2D eigenvalue weighted by Gasteiger charge is -2.30. The molecule has 2 amide bonds. The fraction of sp³-hybridized carbons (Fsp3) is 0.353. The van der Waals surface area contributed by atoms with Crippen LogP contribution in [0, 0.1) is 0 Å². The summed E-state index contributed by atoms with van der Waals surface area (Å²) < 4.78 is 11.0. The van der Waals surface area contributed by atoms with Gasteiger partial charge in [-0.3, -0.25) is 0 Å². The van der Waals surface area contributed by atoms with Crippen LogP contribution in [0.15, 0.2) is 53.1 Å². The number of carbonyl (C=O) groups is 1. The van der Waals surface area contributed by atoms with Gasteiger partial charge < -0.3 is 19.8 Å². The normalized spacial score (nSPS) is 21.3. The largest absolute Gasteiger partial charge is 0.467 e. The van der Waals surface area contributed by atoms with Gasteiger partial charge in [-0.15, -0.1) is 0 Å². The second-order valence-electron chi connectivity index (χ2n) is 5.40. The van der Waals surface area contributed by atoms with Crippen LogP contribution in [0.2, 0.25) is 0 Å². The molecular formula is C17H20N2O3. The van der Waals surface area contributed by atoms with E-state index in [9.17, 15) is 4.79 Å². The molecule has 1 saturated heterocycles. The van der Waals surface area contributed by atoms with Crippen LogP contribution in [-0.2, 0) is 11.3 Å². The van der Waals surface area contributed by atoms with Crippen LogP contribution in [0.1, 0.15) is 30.3 Å². The van der Waals surface area contributed by atoms with Crippen molar-refractivity contribution in [2.45, 2.75) is 31.5 Å². The SMILES string of the molecule is O=C(NCc1ccco1)NC1CCOC(c2ccccc2)C1. The smallest absolute Gasteiger partial charge is 0.315 e. The van der Waals surface area contributed by atoms with E-state index in [2.05, 4.69) is 22.8 Å². The Morgan fingerprint density at radius 3 is 2.82 bits per heavy atom. The summed E-state index contributed by atoms with van der Waals surface area (Å²) >= 11 is 0. The summed E-state index contributed by atoms with van der Waals surface area (Å²) in [5, 5.41) is 5.81. The minimum Gasteiger partial charge on any atom is -0.467 e. The molecular weight excluding hydrogens is 280 g/mol. The van der Waals surface area contributed by atoms with Crippen molar-refractivity contribution in [1.29, 1.82) is 0 Å². The molecule has 2 unspecified atom stereocenters. The highest BCUT2D eigenvalue weighted by Crippen LogP contribution is 2.27. The Bertz CT molecular complexity index is 583. The van der Waals surface area contributed by atoms with Crippen LogP contribution in [0.4, 0.5) is 4.79 Å². The number of ether oxygens (including phenoxy) is 1. The molecule has 5 nitrogen and oxygen atoms in total. The molecule has 0 saturated carbocycles. The molecule has 5 heteroatoms. The summed E-state index contributed by atoms with van der Waals surface area (Å²) in [6, 6.07) is 13.7. The second-order valence-corrected chi connectivity index (χ2v) is 5.40. The van der Waals surface area contributed by atoms with Crippen molar-refractivity contribution in [3.05, 3.63) is 60.1 Å². The topological polar surface area (TPSA) is 63.5 Å². The number of amides is 2. The van der Waals surface area contributed by atoms with Gasteiger partial charge in [0.2, 0.25) is 0 Å². The van der Waals surface area contributed by atoms with E-state index < -0.39 is 0 Å². The van der Waals surface area contributed by atoms with Crippen LogP contribution >= 0.6 is 0 Å². The van der Waals surface area contributed by atoms with E-state index in [4.69, 9.17) is 9.15 Å². The Labute approximate surface area is 129 Å². The molecule has 2 N–H and O–H groups in total. The van der Waals surface area contributed by atoms with Gasteiger partial charge >= 0.3 is 6.03 Å². The molecule has 22 heavy (non-hydrogen) atoms. The summed E-state index contributed by atoms with van der Waals surface area (Å²) in [5.41, 5.74) is 1.16. The Morgan fingerprint density at radius 2 is 2.05 bits per heavy atom. The van der Waals surface area contributed by atoms with Crippen LogP contribution < -0.4 is 10.6 Å². The number of benzene rings is 1. The van der Waals surface area contributed by atoms with Gasteiger partial charge in [-0.1, -0.05) is 30.3 Å². The number of hydrogen-bond donors (Lipinski definition) is 2. The fourth-order valence-corrected chi connectivity index (χ4v) is 2.64. The fourth-order valence-electron chi connectivity index (χ4n) is 2.64. The Hall–Kier alpha value is -2.27. The van der Waals surface area contributed by atoms with E-state index in [1.54, 1.807) is 12.3 Å². The number of urea groups is 1. The molecule has 0 aliphatic carbocycles. The van der Waals surface area contributed by atoms with Crippen molar-refractivity contribution in [1.82, 2.24) is 10.6 Å². The van der Waals surface area contributed by atoms with E-state index in [-0.39, 0.29) is 18.2 Å². The van der Waals surface area contributed by atoms with Crippen molar-refractivity contribution in [2.24, 2.45) is 0 Å². The molecule has 0 spiro atoms. The standard InChI is InChI=1S/C17H20N2O3/c20-17(18-12-15-7-4-9-21-15)19-14-8-10-22-16(11-14)13-5-2-1-3-6-13/h1-7,9,14,16H,8,10-12H2,(H2,18,19,20). The third-order valence-corrected chi connectivity index (χ3v) is 3.79. The first-order valence-electron chi connectivity index (χ1n) is 7.54. The first-order chi connectivity index (χ1) is 10.8. The van der Waals surface area contributed by atoms with Crippen LogP contribution in [-0.4, -0.2) is 18.7 Å². The summed E-state index contributed by atoms with van der Waals surface area (Å²) in [4.78, 5) is 11.9.